The summed E-state index contributed by atoms with van der Waals surface area (Å²) in [5.41, 5.74) is 2.62. The van der Waals surface area contributed by atoms with Crippen molar-refractivity contribution < 1.29 is 13.9 Å². The first kappa shape index (κ1) is 24.5. The first-order chi connectivity index (χ1) is 17.1. The molecule has 1 fully saturated rings. The number of aryl methyl sites for hydroxylation is 1. The third-order valence-corrected chi connectivity index (χ3v) is 6.95. The highest BCUT2D eigenvalue weighted by Crippen LogP contribution is 2.46. The normalized spacial score (nSPS) is 19.8. The number of alkyl carbamates (subject to hydrolysis) is 1. The fraction of sp³-hybridized carbons (Fsp3) is 0.360. The number of aromatic nitrogens is 3. The molecule has 36 heavy (non-hydrogen) atoms. The van der Waals surface area contributed by atoms with Gasteiger partial charge in [0.1, 0.15) is 17.5 Å². The number of benzene rings is 1. The van der Waals surface area contributed by atoms with Crippen molar-refractivity contribution in [2.75, 3.05) is 6.54 Å². The molecule has 2 atom stereocenters. The standard InChI is InChI=1S/C25H26ClFN6O2S/c1-25(2,3)35-24(34)29-15-12-19-20(18-7-9-32(4)31-18)21(16-6-5-14(27)11-17(16)26)30-22(33(19)13-15)23-28-8-10-36-23/h5-11,15,21H,12-13H2,1-4H3,(H,29,34)/t15?,21-/m0/s1. The number of fused-ring (bicyclic) bond motifs is 1. The van der Waals surface area contributed by atoms with E-state index in [0.29, 0.717) is 24.4 Å². The van der Waals surface area contributed by atoms with Gasteiger partial charge in [-0.25, -0.2) is 14.2 Å². The van der Waals surface area contributed by atoms with Crippen LogP contribution < -0.4 is 5.32 Å². The summed E-state index contributed by atoms with van der Waals surface area (Å²) in [5, 5.41) is 10.6. The van der Waals surface area contributed by atoms with Gasteiger partial charge in [0.15, 0.2) is 10.8 Å². The Labute approximate surface area is 217 Å². The molecule has 5 rings (SSSR count). The third kappa shape index (κ3) is 4.87. The summed E-state index contributed by atoms with van der Waals surface area (Å²) in [5.74, 6) is 0.262. The molecule has 188 valence electrons. The van der Waals surface area contributed by atoms with Crippen LogP contribution in [0.1, 0.15) is 49.5 Å². The molecule has 1 saturated heterocycles. The second-order valence-electron chi connectivity index (χ2n) is 9.75. The molecule has 0 spiro atoms. The van der Waals surface area contributed by atoms with Crippen LogP contribution in [0.3, 0.4) is 0 Å². The van der Waals surface area contributed by atoms with Crippen molar-refractivity contribution in [3.8, 4) is 0 Å². The number of ether oxygens (including phenoxy) is 1. The van der Waals surface area contributed by atoms with Crippen molar-refractivity contribution in [3.63, 3.8) is 0 Å². The Hall–Kier alpha value is -3.24. The minimum atomic E-state index is -0.605. The molecule has 1 aromatic carbocycles. The second-order valence-corrected chi connectivity index (χ2v) is 11.1. The largest absolute Gasteiger partial charge is 0.444 e. The Morgan fingerprint density at radius 2 is 2.11 bits per heavy atom. The fourth-order valence-corrected chi connectivity index (χ4v) is 5.40. The number of carbonyl (C=O) groups is 1. The second kappa shape index (κ2) is 9.33. The SMILES string of the molecule is Cn1ccc(C2=C3CC(NC(=O)OC(C)(C)C)CN3C(c3nccs3)=N[C@H]2c2ccc(F)cc2Cl)n1. The maximum Gasteiger partial charge on any atom is 0.407 e. The lowest BCUT2D eigenvalue weighted by Crippen LogP contribution is -2.41. The van der Waals surface area contributed by atoms with Gasteiger partial charge in [-0.1, -0.05) is 17.7 Å². The van der Waals surface area contributed by atoms with E-state index in [1.54, 1.807) is 16.9 Å². The number of amidine groups is 1. The van der Waals surface area contributed by atoms with Gasteiger partial charge in [0.2, 0.25) is 0 Å². The first-order valence-corrected chi connectivity index (χ1v) is 12.8. The molecule has 1 N–H and O–H groups in total. The van der Waals surface area contributed by atoms with Crippen LogP contribution in [0.25, 0.3) is 5.57 Å². The van der Waals surface area contributed by atoms with Crippen molar-refractivity contribution >= 4 is 40.4 Å². The number of nitrogens with one attached hydrogen (secondary N) is 1. The van der Waals surface area contributed by atoms with Crippen molar-refractivity contribution in [2.45, 2.75) is 44.9 Å². The van der Waals surface area contributed by atoms with Crippen LogP contribution >= 0.6 is 22.9 Å². The number of carbonyl (C=O) groups excluding carboxylic acids is 1. The molecule has 0 aliphatic carbocycles. The zero-order valence-electron chi connectivity index (χ0n) is 20.3. The number of halogens is 2. The molecular weight excluding hydrogens is 503 g/mol. The van der Waals surface area contributed by atoms with Gasteiger partial charge in [-0.2, -0.15) is 5.10 Å². The van der Waals surface area contributed by atoms with E-state index in [1.807, 2.05) is 45.5 Å². The molecule has 0 saturated carbocycles. The van der Waals surface area contributed by atoms with Gasteiger partial charge in [-0.05, 0) is 39.0 Å². The Bertz CT molecular complexity index is 1360. The van der Waals surface area contributed by atoms with Crippen molar-refractivity contribution in [1.82, 2.24) is 25.0 Å². The van der Waals surface area contributed by atoms with E-state index in [-0.39, 0.29) is 11.1 Å². The molecule has 2 aliphatic heterocycles. The number of hydrogen-bond acceptors (Lipinski definition) is 7. The van der Waals surface area contributed by atoms with Crippen LogP contribution in [0.4, 0.5) is 9.18 Å². The van der Waals surface area contributed by atoms with Gasteiger partial charge in [-0.15, -0.1) is 11.3 Å². The zero-order chi connectivity index (χ0) is 25.6. The maximum atomic E-state index is 13.9. The van der Waals surface area contributed by atoms with E-state index in [0.717, 1.165) is 22.0 Å². The van der Waals surface area contributed by atoms with Gasteiger partial charge >= 0.3 is 6.09 Å². The average Bonchev–Trinajstić information content (AvgIpc) is 3.52. The monoisotopic (exact) mass is 528 g/mol. The molecule has 2 aliphatic rings. The highest BCUT2D eigenvalue weighted by atomic mass is 35.5. The summed E-state index contributed by atoms with van der Waals surface area (Å²) in [6.07, 6.45) is 3.65. The number of aliphatic imine (C=N–C) groups is 1. The van der Waals surface area contributed by atoms with Gasteiger partial charge < -0.3 is 15.0 Å². The molecule has 1 amide bonds. The van der Waals surface area contributed by atoms with Crippen LogP contribution in [-0.4, -0.2) is 49.8 Å². The summed E-state index contributed by atoms with van der Waals surface area (Å²) >= 11 is 8.01. The lowest BCUT2D eigenvalue weighted by molar-refractivity contribution is 0.0507. The number of amides is 1. The van der Waals surface area contributed by atoms with Crippen molar-refractivity contribution in [3.05, 3.63) is 74.8 Å². The van der Waals surface area contributed by atoms with Crippen LogP contribution in [0.2, 0.25) is 5.02 Å². The highest BCUT2D eigenvalue weighted by molar-refractivity contribution is 7.11. The number of rotatable bonds is 4. The van der Waals surface area contributed by atoms with Gasteiger partial charge in [0.05, 0.1) is 11.7 Å². The smallest absolute Gasteiger partial charge is 0.407 e. The van der Waals surface area contributed by atoms with Crippen LogP contribution in [-0.2, 0) is 11.8 Å². The molecule has 0 radical (unpaired) electrons. The Morgan fingerprint density at radius 1 is 1.31 bits per heavy atom. The van der Waals surface area contributed by atoms with Crippen LogP contribution in [0, 0.1) is 5.82 Å². The lowest BCUT2D eigenvalue weighted by atomic mass is 9.92. The highest BCUT2D eigenvalue weighted by Gasteiger charge is 2.41. The van der Waals surface area contributed by atoms with Crippen molar-refractivity contribution in [2.24, 2.45) is 12.0 Å². The van der Waals surface area contributed by atoms with E-state index in [9.17, 15) is 9.18 Å². The van der Waals surface area contributed by atoms with Crippen LogP contribution in [0.5, 0.6) is 0 Å². The average molecular weight is 529 g/mol. The zero-order valence-corrected chi connectivity index (χ0v) is 21.9. The summed E-state index contributed by atoms with van der Waals surface area (Å²) in [4.78, 5) is 24.3. The van der Waals surface area contributed by atoms with E-state index in [1.165, 1.54) is 23.5 Å². The lowest BCUT2D eigenvalue weighted by Gasteiger charge is -2.32. The summed E-state index contributed by atoms with van der Waals surface area (Å²) in [7, 11) is 1.85. The number of thiazole rings is 1. The van der Waals surface area contributed by atoms with Gasteiger partial charge in [-0.3, -0.25) is 9.67 Å². The molecule has 0 bridgehead atoms. The molecule has 3 aromatic rings. The predicted octanol–water partition coefficient (Wildman–Crippen LogP) is 5.18. The third-order valence-electron chi connectivity index (χ3n) is 5.85. The Morgan fingerprint density at radius 3 is 2.75 bits per heavy atom. The molecule has 8 nitrogen and oxygen atoms in total. The van der Waals surface area contributed by atoms with E-state index >= 15 is 0 Å². The molecule has 11 heteroatoms. The first-order valence-electron chi connectivity index (χ1n) is 11.5. The molecule has 2 aromatic heterocycles. The molecule has 1 unspecified atom stereocenters. The molecular formula is C25H26ClFN6O2S. The van der Waals surface area contributed by atoms with Gasteiger partial charge in [0, 0.05) is 59.6 Å². The Balaban J connectivity index is 1.62. The minimum absolute atomic E-state index is 0.221. The summed E-state index contributed by atoms with van der Waals surface area (Å²) < 4.78 is 21.1. The maximum absolute atomic E-state index is 13.9. The summed E-state index contributed by atoms with van der Waals surface area (Å²) in [6, 6.07) is 5.51. The molecule has 4 heterocycles. The minimum Gasteiger partial charge on any atom is -0.444 e. The summed E-state index contributed by atoms with van der Waals surface area (Å²) in [6.45, 7) is 5.98. The quantitative estimate of drug-likeness (QED) is 0.504. The number of hydrogen-bond donors (Lipinski definition) is 1. The predicted molar refractivity (Wildman–Crippen MR) is 137 cm³/mol. The number of nitrogens with zero attached hydrogens (tertiary/aromatic N) is 5. The van der Waals surface area contributed by atoms with Gasteiger partial charge in [0.25, 0.3) is 0 Å². The topological polar surface area (TPSA) is 84.6 Å². The Kier molecular flexibility index (Phi) is 6.34. The van der Waals surface area contributed by atoms with E-state index < -0.39 is 23.6 Å². The van der Waals surface area contributed by atoms with E-state index in [2.05, 4.69) is 20.3 Å². The van der Waals surface area contributed by atoms with E-state index in [4.69, 9.17) is 21.3 Å². The fourth-order valence-electron chi connectivity index (χ4n) is 4.49. The van der Waals surface area contributed by atoms with Crippen molar-refractivity contribution in [1.29, 1.82) is 0 Å². The van der Waals surface area contributed by atoms with Crippen LogP contribution in [0.15, 0.2) is 52.7 Å².